The van der Waals surface area contributed by atoms with Gasteiger partial charge >= 0.3 is 5.97 Å². The summed E-state index contributed by atoms with van der Waals surface area (Å²) in [6.07, 6.45) is -4.00. The van der Waals surface area contributed by atoms with E-state index >= 15 is 0 Å². The number of rotatable bonds is 8. The van der Waals surface area contributed by atoms with Crippen LogP contribution in [0.15, 0.2) is 24.3 Å². The van der Waals surface area contributed by atoms with E-state index in [0.717, 1.165) is 6.29 Å². The van der Waals surface area contributed by atoms with Gasteiger partial charge in [0.05, 0.1) is 48.6 Å². The molecule has 3 heterocycles. The number of hydrogen-bond acceptors (Lipinski definition) is 14. The number of ether oxygens (including phenoxy) is 6. The lowest BCUT2D eigenvalue weighted by atomic mass is 9.82. The zero-order valence-corrected chi connectivity index (χ0v) is 30.0. The highest BCUT2D eigenvalue weighted by molar-refractivity contribution is 5.70. The molecule has 16 atom stereocenters. The summed E-state index contributed by atoms with van der Waals surface area (Å²) in [6.45, 7) is 8.44. The van der Waals surface area contributed by atoms with E-state index in [1.54, 1.807) is 58.0 Å². The van der Waals surface area contributed by atoms with E-state index in [0.29, 0.717) is 6.42 Å². The normalized spacial score (nSPS) is 44.9. The number of hydrogen-bond donors (Lipinski definition) is 5. The van der Waals surface area contributed by atoms with E-state index < -0.39 is 104 Å². The Hall–Kier alpha value is -1.82. The Morgan fingerprint density at radius 2 is 1.69 bits per heavy atom. The SMILES string of the molecule is CO[C@H]1[C@@H](O[C@@H]2O[C@H](C)[C@H](O[C@@H]3C[C@](C)(O)[C@H](O)[C@H](C)O3)[C@@H](N(C)C)[C@@H]2O)[C@@H](CC=O)C[C@@H](C)[C@@H](O)C=CC=CC[C@@H](C)OC(=O)C[C@H]1O. The molecule has 0 amide bonds. The number of nitrogens with zero attached hydrogens (tertiary/aromatic N) is 1. The van der Waals surface area contributed by atoms with Gasteiger partial charge in [-0.25, -0.2) is 0 Å². The number of aldehydes is 1. The molecule has 0 unspecified atom stereocenters. The molecule has 0 bridgehead atoms. The van der Waals surface area contributed by atoms with Gasteiger partial charge in [-0.05, 0) is 60.0 Å². The highest BCUT2D eigenvalue weighted by Gasteiger charge is 2.51. The Bertz CT molecular complexity index is 1100. The zero-order chi connectivity index (χ0) is 36.6. The van der Waals surface area contributed by atoms with Crippen molar-refractivity contribution >= 4 is 12.3 Å². The molecule has 0 aliphatic carbocycles. The summed E-state index contributed by atoms with van der Waals surface area (Å²) in [5.74, 6) is -1.64. The van der Waals surface area contributed by atoms with Crippen LogP contribution in [0, 0.1) is 11.8 Å². The Morgan fingerprint density at radius 3 is 2.31 bits per heavy atom. The van der Waals surface area contributed by atoms with Crippen molar-refractivity contribution in [1.29, 1.82) is 0 Å². The predicted octanol–water partition coefficient (Wildman–Crippen LogP) is 0.846. The zero-order valence-electron chi connectivity index (χ0n) is 30.0. The minimum absolute atomic E-state index is 0.0164. The molecule has 2 fully saturated rings. The molecule has 3 aliphatic rings. The first-order chi connectivity index (χ1) is 23.0. The second kappa shape index (κ2) is 18.6. The Balaban J connectivity index is 1.94. The molecule has 49 heavy (non-hydrogen) atoms. The molecule has 0 spiro atoms. The maximum Gasteiger partial charge on any atom is 0.308 e. The number of cyclic esters (lactones) is 1. The van der Waals surface area contributed by atoms with E-state index in [4.69, 9.17) is 28.4 Å². The Labute approximate surface area is 289 Å². The summed E-state index contributed by atoms with van der Waals surface area (Å²) in [5, 5.41) is 55.2. The van der Waals surface area contributed by atoms with Crippen LogP contribution < -0.4 is 0 Å². The van der Waals surface area contributed by atoms with Crippen molar-refractivity contribution in [1.82, 2.24) is 4.90 Å². The van der Waals surface area contributed by atoms with E-state index in [9.17, 15) is 35.1 Å². The summed E-state index contributed by atoms with van der Waals surface area (Å²) in [6, 6.07) is -0.721. The van der Waals surface area contributed by atoms with E-state index in [1.165, 1.54) is 14.0 Å². The summed E-state index contributed by atoms with van der Waals surface area (Å²) in [5.41, 5.74) is -1.46. The molecule has 2 saturated heterocycles. The smallest absolute Gasteiger partial charge is 0.308 e. The fraction of sp³-hybridized carbons (Fsp3) is 0.829. The van der Waals surface area contributed by atoms with Gasteiger partial charge in [0.2, 0.25) is 0 Å². The topological polar surface area (TPSA) is 194 Å². The predicted molar refractivity (Wildman–Crippen MR) is 177 cm³/mol. The molecule has 3 aliphatic heterocycles. The van der Waals surface area contributed by atoms with Gasteiger partial charge < -0.3 is 63.6 Å². The van der Waals surface area contributed by atoms with Gasteiger partial charge in [0.25, 0.3) is 0 Å². The number of carbonyl (C=O) groups is 2. The van der Waals surface area contributed by atoms with Crippen LogP contribution in [0.2, 0.25) is 0 Å². The van der Waals surface area contributed by atoms with Gasteiger partial charge in [-0.3, -0.25) is 4.79 Å². The molecule has 14 heteroatoms. The molecule has 0 aromatic heterocycles. The average Bonchev–Trinajstić information content (AvgIpc) is 3.00. The quantitative estimate of drug-likeness (QED) is 0.177. The van der Waals surface area contributed by atoms with Crippen LogP contribution in [0.1, 0.15) is 66.7 Å². The third-order valence-electron chi connectivity index (χ3n) is 9.83. The van der Waals surface area contributed by atoms with Crippen molar-refractivity contribution in [2.45, 2.75) is 152 Å². The van der Waals surface area contributed by atoms with E-state index in [2.05, 4.69) is 0 Å². The van der Waals surface area contributed by atoms with Crippen LogP contribution in [0.5, 0.6) is 0 Å². The fourth-order valence-electron chi connectivity index (χ4n) is 7.04. The van der Waals surface area contributed by atoms with Gasteiger partial charge in [-0.15, -0.1) is 0 Å². The number of allylic oxidation sites excluding steroid dienone is 2. The number of aliphatic hydroxyl groups is 5. The molecule has 0 saturated carbocycles. The van der Waals surface area contributed by atoms with Crippen molar-refractivity contribution in [2.75, 3.05) is 21.2 Å². The lowest BCUT2D eigenvalue weighted by Gasteiger charge is -2.50. The third kappa shape index (κ3) is 11.1. The lowest BCUT2D eigenvalue weighted by molar-refractivity contribution is -0.344. The first kappa shape index (κ1) is 41.6. The Morgan fingerprint density at radius 1 is 1.00 bits per heavy atom. The van der Waals surface area contributed by atoms with E-state index in [-0.39, 0.29) is 25.2 Å². The van der Waals surface area contributed by atoms with Crippen molar-refractivity contribution in [2.24, 2.45) is 11.8 Å². The largest absolute Gasteiger partial charge is 0.462 e. The van der Waals surface area contributed by atoms with Crippen molar-refractivity contribution < 1.29 is 63.5 Å². The maximum atomic E-state index is 12.8. The molecule has 282 valence electrons. The molecule has 0 aromatic carbocycles. The molecule has 3 rings (SSSR count). The number of likely N-dealkylation sites (N-methyl/N-ethyl adjacent to an activating group) is 1. The molecule has 0 aromatic rings. The van der Waals surface area contributed by atoms with Gasteiger partial charge in [0, 0.05) is 26.4 Å². The standard InChI is InChI=1S/C35H59NO13/c1-19-16-23(14-15-37)31(32(44-8)25(39)17-26(40)45-20(2)12-10-9-11-13-24(19)38)49-34-29(41)28(36(6)7)30(21(3)47-34)48-27-18-35(5,43)33(42)22(4)46-27/h9-11,13,15,19-25,27-34,38-39,41-43H,12,14,16-18H2,1-8H3/t19-,20-,21-,22+,23+,24+,25-,27-,28+,29+,30+,31+,32-,33-,34+,35+/m1/s1. The number of aliphatic hydroxyl groups excluding tert-OH is 4. The molecule has 0 radical (unpaired) electrons. The van der Waals surface area contributed by atoms with Gasteiger partial charge in [-0.1, -0.05) is 31.2 Å². The van der Waals surface area contributed by atoms with Crippen LogP contribution in [0.4, 0.5) is 0 Å². The van der Waals surface area contributed by atoms with E-state index in [1.807, 2.05) is 13.0 Å². The minimum atomic E-state index is -1.46. The monoisotopic (exact) mass is 701 g/mol. The Kier molecular flexibility index (Phi) is 15.8. The number of carbonyl (C=O) groups excluding carboxylic acids is 2. The highest BCUT2D eigenvalue weighted by Crippen LogP contribution is 2.36. The van der Waals surface area contributed by atoms with Crippen LogP contribution in [0.25, 0.3) is 0 Å². The summed E-state index contributed by atoms with van der Waals surface area (Å²) in [7, 11) is 4.86. The molecular weight excluding hydrogens is 642 g/mol. The second-order valence-corrected chi connectivity index (χ2v) is 14.3. The molecular formula is C35H59NO13. The lowest BCUT2D eigenvalue weighted by Crippen LogP contribution is -2.65. The van der Waals surface area contributed by atoms with Crippen LogP contribution in [0.3, 0.4) is 0 Å². The van der Waals surface area contributed by atoms with Crippen molar-refractivity contribution in [3.8, 4) is 0 Å². The first-order valence-corrected chi connectivity index (χ1v) is 17.2. The first-order valence-electron chi connectivity index (χ1n) is 17.2. The number of esters is 1. The van der Waals surface area contributed by atoms with Gasteiger partial charge in [0.1, 0.15) is 36.8 Å². The number of methoxy groups -OCH3 is 1. The molecule has 5 N–H and O–H groups in total. The van der Waals surface area contributed by atoms with Crippen molar-refractivity contribution in [3.05, 3.63) is 24.3 Å². The second-order valence-electron chi connectivity index (χ2n) is 14.3. The van der Waals surface area contributed by atoms with Gasteiger partial charge in [0.15, 0.2) is 12.6 Å². The van der Waals surface area contributed by atoms with Crippen molar-refractivity contribution in [3.63, 3.8) is 0 Å². The highest BCUT2D eigenvalue weighted by atomic mass is 16.7. The third-order valence-corrected chi connectivity index (χ3v) is 9.83. The summed E-state index contributed by atoms with van der Waals surface area (Å²) < 4.78 is 36.1. The van der Waals surface area contributed by atoms with Crippen LogP contribution in [-0.4, -0.2) is 149 Å². The fourth-order valence-corrected chi connectivity index (χ4v) is 7.04. The van der Waals surface area contributed by atoms with Crippen LogP contribution >= 0.6 is 0 Å². The minimum Gasteiger partial charge on any atom is -0.462 e. The summed E-state index contributed by atoms with van der Waals surface area (Å²) >= 11 is 0. The molecule has 14 nitrogen and oxygen atoms in total. The van der Waals surface area contributed by atoms with Crippen LogP contribution in [-0.2, 0) is 38.0 Å². The average molecular weight is 702 g/mol. The van der Waals surface area contributed by atoms with Gasteiger partial charge in [-0.2, -0.15) is 0 Å². The maximum absolute atomic E-state index is 12.8. The summed E-state index contributed by atoms with van der Waals surface area (Å²) in [4.78, 5) is 26.6.